The molecule has 0 aliphatic rings. The Bertz CT molecular complexity index is 724. The molecule has 0 saturated heterocycles. The molecule has 2 rings (SSSR count). The fourth-order valence-electron chi connectivity index (χ4n) is 2.36. The van der Waals surface area contributed by atoms with Gasteiger partial charge in [-0.1, -0.05) is 12.1 Å². The van der Waals surface area contributed by atoms with Crippen molar-refractivity contribution in [2.24, 2.45) is 0 Å². The van der Waals surface area contributed by atoms with E-state index in [-0.39, 0.29) is 23.9 Å². The molecule has 0 fully saturated rings. The van der Waals surface area contributed by atoms with Crippen LogP contribution in [0.1, 0.15) is 18.9 Å². The van der Waals surface area contributed by atoms with Gasteiger partial charge in [0.15, 0.2) is 0 Å². The number of hydrogen-bond donors (Lipinski definition) is 1. The van der Waals surface area contributed by atoms with Crippen LogP contribution in [0.4, 0.5) is 0 Å². The molecule has 6 heteroatoms. The van der Waals surface area contributed by atoms with Crippen molar-refractivity contribution in [3.05, 3.63) is 40.4 Å². The summed E-state index contributed by atoms with van der Waals surface area (Å²) < 4.78 is 6.44. The maximum absolute atomic E-state index is 12.4. The van der Waals surface area contributed by atoms with Crippen LogP contribution in [-0.2, 0) is 16.1 Å². The number of benzene rings is 1. The Balaban J connectivity index is 2.08. The largest absolute Gasteiger partial charge is 0.383 e. The summed E-state index contributed by atoms with van der Waals surface area (Å²) in [7, 11) is 1.59. The zero-order chi connectivity index (χ0) is 16.1. The van der Waals surface area contributed by atoms with Crippen LogP contribution in [-0.4, -0.2) is 35.2 Å². The smallest absolute Gasteiger partial charge is 0.261 e. The maximum Gasteiger partial charge on any atom is 0.261 e. The molecular weight excluding hydrogens is 282 g/mol. The Labute approximate surface area is 129 Å². The highest BCUT2D eigenvalue weighted by atomic mass is 16.5. The summed E-state index contributed by atoms with van der Waals surface area (Å²) in [4.78, 5) is 28.5. The van der Waals surface area contributed by atoms with Crippen LogP contribution >= 0.6 is 0 Å². The molecular formula is C16H21N3O3. The van der Waals surface area contributed by atoms with Crippen LogP contribution in [0.2, 0.25) is 0 Å². The molecule has 1 amide bonds. The first-order valence-electron chi connectivity index (χ1n) is 7.26. The van der Waals surface area contributed by atoms with Crippen LogP contribution < -0.4 is 10.9 Å². The molecule has 0 spiro atoms. The molecule has 1 aromatic heterocycles. The van der Waals surface area contributed by atoms with Crippen LogP contribution in [0.5, 0.6) is 0 Å². The monoisotopic (exact) mass is 303 g/mol. The van der Waals surface area contributed by atoms with Crippen molar-refractivity contribution in [3.8, 4) is 0 Å². The first-order chi connectivity index (χ1) is 10.5. The molecule has 1 aromatic carbocycles. The van der Waals surface area contributed by atoms with Gasteiger partial charge >= 0.3 is 0 Å². The number of hydrogen-bond acceptors (Lipinski definition) is 4. The summed E-state index contributed by atoms with van der Waals surface area (Å²) >= 11 is 0. The summed E-state index contributed by atoms with van der Waals surface area (Å²) in [6.07, 6.45) is 1.73. The van der Waals surface area contributed by atoms with Crippen LogP contribution in [0.3, 0.4) is 0 Å². The Hall–Kier alpha value is -2.21. The van der Waals surface area contributed by atoms with E-state index in [1.165, 1.54) is 10.9 Å². The molecule has 22 heavy (non-hydrogen) atoms. The molecule has 0 saturated carbocycles. The van der Waals surface area contributed by atoms with E-state index in [9.17, 15) is 9.59 Å². The van der Waals surface area contributed by atoms with Gasteiger partial charge in [0.05, 0.1) is 23.8 Å². The van der Waals surface area contributed by atoms with Crippen molar-refractivity contribution in [1.29, 1.82) is 0 Å². The Kier molecular flexibility index (Phi) is 5.27. The molecule has 1 N–H and O–H groups in total. The van der Waals surface area contributed by atoms with E-state index in [0.717, 1.165) is 5.56 Å². The third-order valence-electron chi connectivity index (χ3n) is 3.46. The quantitative estimate of drug-likeness (QED) is 0.871. The lowest BCUT2D eigenvalue weighted by molar-refractivity contribution is -0.122. The predicted molar refractivity (Wildman–Crippen MR) is 84.8 cm³/mol. The highest BCUT2D eigenvalue weighted by Crippen LogP contribution is 2.11. The van der Waals surface area contributed by atoms with Gasteiger partial charge in [0, 0.05) is 26.1 Å². The Morgan fingerprint density at radius 1 is 1.45 bits per heavy atom. The normalized spacial score (nSPS) is 12.3. The second-order valence-electron chi connectivity index (χ2n) is 5.39. The van der Waals surface area contributed by atoms with E-state index in [4.69, 9.17) is 4.74 Å². The fourth-order valence-corrected chi connectivity index (χ4v) is 2.36. The summed E-state index contributed by atoms with van der Waals surface area (Å²) in [5, 5.41) is 3.40. The second kappa shape index (κ2) is 7.17. The zero-order valence-electron chi connectivity index (χ0n) is 13.1. The van der Waals surface area contributed by atoms with Crippen molar-refractivity contribution < 1.29 is 9.53 Å². The van der Waals surface area contributed by atoms with E-state index in [0.29, 0.717) is 24.1 Å². The van der Waals surface area contributed by atoms with Gasteiger partial charge in [-0.15, -0.1) is 0 Å². The third kappa shape index (κ3) is 3.71. The van der Waals surface area contributed by atoms with Gasteiger partial charge < -0.3 is 10.1 Å². The lowest BCUT2D eigenvalue weighted by Crippen LogP contribution is -2.36. The minimum absolute atomic E-state index is 0.0494. The van der Waals surface area contributed by atoms with Crippen molar-refractivity contribution in [3.63, 3.8) is 0 Å². The maximum atomic E-state index is 12.4. The SMILES string of the molecule is COC[C@@H](C)NC(=O)CCn1cnc2c(C)cccc2c1=O. The molecule has 0 bridgehead atoms. The Morgan fingerprint density at radius 2 is 2.23 bits per heavy atom. The van der Waals surface area contributed by atoms with E-state index in [1.54, 1.807) is 13.2 Å². The van der Waals surface area contributed by atoms with Crippen LogP contribution in [0, 0.1) is 6.92 Å². The lowest BCUT2D eigenvalue weighted by Gasteiger charge is -2.13. The molecule has 0 radical (unpaired) electrons. The van der Waals surface area contributed by atoms with Gasteiger partial charge in [0.2, 0.25) is 5.91 Å². The van der Waals surface area contributed by atoms with E-state index < -0.39 is 0 Å². The molecule has 0 aliphatic heterocycles. The van der Waals surface area contributed by atoms with Gasteiger partial charge in [-0.25, -0.2) is 4.98 Å². The van der Waals surface area contributed by atoms with Crippen molar-refractivity contribution in [1.82, 2.24) is 14.9 Å². The summed E-state index contributed by atoms with van der Waals surface area (Å²) in [5.41, 5.74) is 1.56. The number of aromatic nitrogens is 2. The molecule has 2 aromatic rings. The van der Waals surface area contributed by atoms with Gasteiger partial charge in [0.1, 0.15) is 0 Å². The number of fused-ring (bicyclic) bond motifs is 1. The topological polar surface area (TPSA) is 73.2 Å². The number of carbonyl (C=O) groups is 1. The summed E-state index contributed by atoms with van der Waals surface area (Å²) in [6, 6.07) is 5.47. The number of ether oxygens (including phenoxy) is 1. The zero-order valence-corrected chi connectivity index (χ0v) is 13.1. The number of nitrogens with zero attached hydrogens (tertiary/aromatic N) is 2. The number of methoxy groups -OCH3 is 1. The van der Waals surface area contributed by atoms with Crippen molar-refractivity contribution in [2.75, 3.05) is 13.7 Å². The Morgan fingerprint density at radius 3 is 2.95 bits per heavy atom. The average Bonchev–Trinajstić information content (AvgIpc) is 2.47. The summed E-state index contributed by atoms with van der Waals surface area (Å²) in [5.74, 6) is -0.110. The average molecular weight is 303 g/mol. The first-order valence-corrected chi connectivity index (χ1v) is 7.26. The summed E-state index contributed by atoms with van der Waals surface area (Å²) in [6.45, 7) is 4.56. The third-order valence-corrected chi connectivity index (χ3v) is 3.46. The number of carbonyl (C=O) groups excluding carboxylic acids is 1. The highest BCUT2D eigenvalue weighted by Gasteiger charge is 2.09. The number of aryl methyl sites for hydroxylation is 2. The van der Waals surface area contributed by atoms with E-state index in [2.05, 4.69) is 10.3 Å². The number of amides is 1. The lowest BCUT2D eigenvalue weighted by atomic mass is 10.1. The van der Waals surface area contributed by atoms with Crippen molar-refractivity contribution in [2.45, 2.75) is 32.9 Å². The van der Waals surface area contributed by atoms with Gasteiger partial charge in [-0.05, 0) is 25.5 Å². The number of nitrogens with one attached hydrogen (secondary N) is 1. The molecule has 1 heterocycles. The minimum atomic E-state index is -0.119. The minimum Gasteiger partial charge on any atom is -0.383 e. The molecule has 1 atom stereocenters. The highest BCUT2D eigenvalue weighted by molar-refractivity contribution is 5.80. The molecule has 118 valence electrons. The molecule has 0 unspecified atom stereocenters. The van der Waals surface area contributed by atoms with E-state index in [1.807, 2.05) is 26.0 Å². The fraction of sp³-hybridized carbons (Fsp3) is 0.438. The second-order valence-corrected chi connectivity index (χ2v) is 5.39. The van der Waals surface area contributed by atoms with Gasteiger partial charge in [-0.2, -0.15) is 0 Å². The standard InChI is InChI=1S/C16H21N3O3/c1-11-5-4-6-13-15(11)17-10-19(16(13)21)8-7-14(20)18-12(2)9-22-3/h4-6,10,12H,7-9H2,1-3H3,(H,18,20)/t12-/m1/s1. The van der Waals surface area contributed by atoms with Crippen LogP contribution in [0.15, 0.2) is 29.3 Å². The van der Waals surface area contributed by atoms with Crippen molar-refractivity contribution >= 4 is 16.8 Å². The van der Waals surface area contributed by atoms with Gasteiger partial charge in [0.25, 0.3) is 5.56 Å². The first kappa shape index (κ1) is 16.2. The van der Waals surface area contributed by atoms with E-state index >= 15 is 0 Å². The van der Waals surface area contributed by atoms with Crippen LogP contribution in [0.25, 0.3) is 10.9 Å². The number of para-hydroxylation sites is 1. The predicted octanol–water partition coefficient (Wildman–Crippen LogP) is 1.25. The number of rotatable bonds is 6. The van der Waals surface area contributed by atoms with Gasteiger partial charge in [-0.3, -0.25) is 14.2 Å². The molecule has 6 nitrogen and oxygen atoms in total. The molecule has 0 aliphatic carbocycles.